The number of ether oxygens (including phenoxy) is 1. The Bertz CT molecular complexity index is 1070. The molecule has 0 radical (unpaired) electrons. The highest BCUT2D eigenvalue weighted by Crippen LogP contribution is 2.34. The number of hydrogen-bond acceptors (Lipinski definition) is 7. The fourth-order valence-corrected chi connectivity index (χ4v) is 7.18. The third kappa shape index (κ3) is 11.5. The summed E-state index contributed by atoms with van der Waals surface area (Å²) in [7, 11) is -3.09. The standard InChI is InChI=1S/C25H39F3N4O6S2/c1-38-24(34)31-20(13-16-5-3-2-4-6-16)22(33)30-21(23-29-19(15-39-23)11-12-25(26,27)28)14-17-7-9-18(10-8-17)32-40(35,36)37/h15-18,20-21,32H,2-14H2,1H3,(H,30,33)(H,31,34)(H,35,36,37)/t17?,18?,20-,21-/m0/s1. The number of nitrogens with zero attached hydrogens (tertiary/aromatic N) is 1. The Morgan fingerprint density at radius 3 is 2.33 bits per heavy atom. The van der Waals surface area contributed by atoms with Crippen LogP contribution in [0, 0.1) is 11.8 Å². The highest BCUT2D eigenvalue weighted by Gasteiger charge is 2.32. The van der Waals surface area contributed by atoms with E-state index in [2.05, 4.69) is 20.3 Å². The van der Waals surface area contributed by atoms with E-state index in [0.717, 1.165) is 32.1 Å². The van der Waals surface area contributed by atoms with Crippen molar-refractivity contribution in [2.24, 2.45) is 11.8 Å². The number of halogens is 3. The minimum Gasteiger partial charge on any atom is -0.453 e. The Kier molecular flexibility index (Phi) is 12.0. The second-order valence-electron chi connectivity index (χ2n) is 10.8. The summed E-state index contributed by atoms with van der Waals surface area (Å²) in [5.41, 5.74) is 0.295. The minimum absolute atomic E-state index is 0.0811. The molecule has 228 valence electrons. The zero-order chi connectivity index (χ0) is 29.3. The molecule has 2 aliphatic rings. The average Bonchev–Trinajstić information content (AvgIpc) is 3.36. The Labute approximate surface area is 237 Å². The lowest BCUT2D eigenvalue weighted by molar-refractivity contribution is -0.134. The van der Waals surface area contributed by atoms with Gasteiger partial charge >= 0.3 is 22.6 Å². The van der Waals surface area contributed by atoms with Crippen molar-refractivity contribution in [3.8, 4) is 0 Å². The molecule has 0 bridgehead atoms. The van der Waals surface area contributed by atoms with Gasteiger partial charge in [0.25, 0.3) is 0 Å². The second kappa shape index (κ2) is 14.8. The number of thiazole rings is 1. The first-order valence-electron chi connectivity index (χ1n) is 13.7. The number of hydrogen-bond donors (Lipinski definition) is 4. The lowest BCUT2D eigenvalue weighted by Crippen LogP contribution is -2.49. The second-order valence-corrected chi connectivity index (χ2v) is 12.9. The maximum atomic E-state index is 13.5. The number of aromatic nitrogens is 1. The first kappa shape index (κ1) is 32.5. The Morgan fingerprint density at radius 2 is 1.73 bits per heavy atom. The topological polar surface area (TPSA) is 147 Å². The molecule has 40 heavy (non-hydrogen) atoms. The van der Waals surface area contributed by atoms with Gasteiger partial charge in [-0.05, 0) is 56.8 Å². The van der Waals surface area contributed by atoms with Crippen molar-refractivity contribution in [1.82, 2.24) is 20.3 Å². The highest BCUT2D eigenvalue weighted by molar-refractivity contribution is 7.83. The van der Waals surface area contributed by atoms with Crippen molar-refractivity contribution in [3.05, 3.63) is 16.1 Å². The summed E-state index contributed by atoms with van der Waals surface area (Å²) in [6.45, 7) is 0. The number of methoxy groups -OCH3 is 1. The third-order valence-corrected chi connectivity index (χ3v) is 9.31. The molecule has 1 aromatic heterocycles. The van der Waals surface area contributed by atoms with Gasteiger partial charge in [0.1, 0.15) is 11.0 Å². The van der Waals surface area contributed by atoms with E-state index in [0.29, 0.717) is 49.2 Å². The van der Waals surface area contributed by atoms with Crippen molar-refractivity contribution in [3.63, 3.8) is 0 Å². The van der Waals surface area contributed by atoms with Gasteiger partial charge in [0.15, 0.2) is 0 Å². The molecular formula is C25H39F3N4O6S2. The first-order chi connectivity index (χ1) is 18.8. The largest absolute Gasteiger partial charge is 0.453 e. The quantitative estimate of drug-likeness (QED) is 0.247. The Morgan fingerprint density at radius 1 is 1.07 bits per heavy atom. The molecule has 2 saturated carbocycles. The van der Waals surface area contributed by atoms with Gasteiger partial charge in [-0.15, -0.1) is 11.3 Å². The first-order valence-corrected chi connectivity index (χ1v) is 16.0. The summed E-state index contributed by atoms with van der Waals surface area (Å²) in [5.74, 6) is -0.0492. The van der Waals surface area contributed by atoms with Crippen LogP contribution in [0.25, 0.3) is 0 Å². The van der Waals surface area contributed by atoms with Crippen LogP contribution in [0.2, 0.25) is 0 Å². The van der Waals surface area contributed by atoms with E-state index in [-0.39, 0.29) is 18.3 Å². The summed E-state index contributed by atoms with van der Waals surface area (Å²) < 4.78 is 76.6. The van der Waals surface area contributed by atoms with Crippen LogP contribution in [0.1, 0.15) is 93.8 Å². The van der Waals surface area contributed by atoms with Crippen molar-refractivity contribution >= 4 is 33.6 Å². The molecule has 3 rings (SSSR count). The van der Waals surface area contributed by atoms with Gasteiger partial charge in [-0.25, -0.2) is 9.78 Å². The summed E-state index contributed by atoms with van der Waals surface area (Å²) >= 11 is 1.18. The van der Waals surface area contributed by atoms with Gasteiger partial charge < -0.3 is 15.4 Å². The zero-order valence-corrected chi connectivity index (χ0v) is 24.2. The molecular weight excluding hydrogens is 573 g/mol. The number of carbonyl (C=O) groups excluding carboxylic acids is 2. The van der Waals surface area contributed by atoms with Crippen LogP contribution < -0.4 is 15.4 Å². The number of rotatable bonds is 12. The molecule has 0 saturated heterocycles. The molecule has 15 heteroatoms. The van der Waals surface area contributed by atoms with Gasteiger partial charge in [0.2, 0.25) is 5.91 Å². The van der Waals surface area contributed by atoms with Gasteiger partial charge in [0, 0.05) is 17.8 Å². The number of amides is 2. The summed E-state index contributed by atoms with van der Waals surface area (Å²) in [6, 6.07) is -1.82. The molecule has 1 heterocycles. The maximum absolute atomic E-state index is 13.5. The monoisotopic (exact) mass is 612 g/mol. The summed E-state index contributed by atoms with van der Waals surface area (Å²) in [5, 5.41) is 7.69. The molecule has 10 nitrogen and oxygen atoms in total. The number of aryl methyl sites for hydroxylation is 1. The Hall–Kier alpha value is -1.97. The van der Waals surface area contributed by atoms with Gasteiger partial charge in [-0.3, -0.25) is 9.35 Å². The van der Waals surface area contributed by atoms with Crippen LogP contribution in [0.15, 0.2) is 5.38 Å². The number of nitrogens with one attached hydrogen (secondary N) is 3. The predicted octanol–water partition coefficient (Wildman–Crippen LogP) is 4.83. The zero-order valence-electron chi connectivity index (χ0n) is 22.5. The normalized spacial score (nSPS) is 22.3. The molecule has 0 aliphatic heterocycles. The van der Waals surface area contributed by atoms with Crippen molar-refractivity contribution in [2.45, 2.75) is 108 Å². The molecule has 0 spiro atoms. The van der Waals surface area contributed by atoms with E-state index in [1.165, 1.54) is 18.4 Å². The summed E-state index contributed by atoms with van der Waals surface area (Å²) in [4.78, 5) is 30.0. The molecule has 2 amide bonds. The van der Waals surface area contributed by atoms with Gasteiger partial charge in [-0.2, -0.15) is 26.3 Å². The molecule has 2 aliphatic carbocycles. The number of carbonyl (C=O) groups is 2. The molecule has 4 N–H and O–H groups in total. The van der Waals surface area contributed by atoms with E-state index in [1.807, 2.05) is 0 Å². The van der Waals surface area contributed by atoms with Crippen LogP contribution in [-0.4, -0.2) is 55.3 Å². The highest BCUT2D eigenvalue weighted by atomic mass is 32.2. The van der Waals surface area contributed by atoms with Crippen molar-refractivity contribution in [1.29, 1.82) is 0 Å². The number of alkyl halides is 3. The lowest BCUT2D eigenvalue weighted by atomic mass is 9.82. The molecule has 2 fully saturated rings. The summed E-state index contributed by atoms with van der Waals surface area (Å²) in [6.07, 6.45) is 2.05. The van der Waals surface area contributed by atoms with Crippen molar-refractivity contribution in [2.75, 3.05) is 7.11 Å². The van der Waals surface area contributed by atoms with E-state index < -0.39 is 53.0 Å². The number of alkyl carbamates (subject to hydrolysis) is 1. The predicted molar refractivity (Wildman–Crippen MR) is 143 cm³/mol. The minimum atomic E-state index is -4.31. The van der Waals surface area contributed by atoms with E-state index in [1.54, 1.807) is 5.38 Å². The average molecular weight is 613 g/mol. The smallest absolute Gasteiger partial charge is 0.407 e. The van der Waals surface area contributed by atoms with Crippen LogP contribution >= 0.6 is 11.3 Å². The molecule has 0 aromatic carbocycles. The molecule has 0 unspecified atom stereocenters. The lowest BCUT2D eigenvalue weighted by Gasteiger charge is -2.31. The van der Waals surface area contributed by atoms with Gasteiger partial charge in [-0.1, -0.05) is 32.1 Å². The van der Waals surface area contributed by atoms with Crippen LogP contribution in [0.3, 0.4) is 0 Å². The van der Waals surface area contributed by atoms with Crippen LogP contribution in [-0.2, 0) is 26.3 Å². The maximum Gasteiger partial charge on any atom is 0.407 e. The fraction of sp³-hybridized carbons (Fsp3) is 0.800. The fourth-order valence-electron chi connectivity index (χ4n) is 5.61. The van der Waals surface area contributed by atoms with E-state index in [4.69, 9.17) is 9.29 Å². The van der Waals surface area contributed by atoms with Gasteiger partial charge in [0.05, 0.1) is 18.8 Å². The van der Waals surface area contributed by atoms with Crippen LogP contribution in [0.4, 0.5) is 18.0 Å². The van der Waals surface area contributed by atoms with E-state index >= 15 is 0 Å². The Balaban J connectivity index is 1.73. The molecule has 2 atom stereocenters. The third-order valence-electron chi connectivity index (χ3n) is 7.67. The molecule has 1 aromatic rings. The van der Waals surface area contributed by atoms with Crippen molar-refractivity contribution < 1.29 is 40.5 Å². The van der Waals surface area contributed by atoms with Crippen LogP contribution in [0.5, 0.6) is 0 Å². The SMILES string of the molecule is COC(=O)N[C@@H](CC1CCCCC1)C(=O)N[C@@H](CC1CCC(NS(=O)(=O)O)CC1)c1nc(CCC(F)(F)F)cs1. The van der Waals surface area contributed by atoms with E-state index in [9.17, 15) is 31.2 Å².